The maximum Gasteiger partial charge on any atom is 0.217 e. The van der Waals surface area contributed by atoms with Gasteiger partial charge in [0.15, 0.2) is 34.4 Å². The number of amides is 1. The highest BCUT2D eigenvalue weighted by Crippen LogP contribution is 2.35. The van der Waals surface area contributed by atoms with E-state index in [1.54, 1.807) is 12.1 Å². The second-order valence-electron chi connectivity index (χ2n) is 7.08. The fourth-order valence-electron chi connectivity index (χ4n) is 3.13. The van der Waals surface area contributed by atoms with Crippen molar-refractivity contribution < 1.29 is 19.1 Å². The van der Waals surface area contributed by atoms with Crippen LogP contribution in [0.25, 0.3) is 0 Å². The molecule has 4 rings (SSSR count). The van der Waals surface area contributed by atoms with Gasteiger partial charge in [0.2, 0.25) is 5.91 Å². The van der Waals surface area contributed by atoms with Gasteiger partial charge in [-0.15, -0.1) is 10.2 Å². The van der Waals surface area contributed by atoms with E-state index < -0.39 is 0 Å². The molecule has 1 amide bonds. The number of hydrogen-bond donors (Lipinski definition) is 1. The Labute approximate surface area is 184 Å². The lowest BCUT2D eigenvalue weighted by Gasteiger charge is -2.25. The highest BCUT2D eigenvalue weighted by Gasteiger charge is 2.27. The van der Waals surface area contributed by atoms with Crippen LogP contribution in [0.2, 0.25) is 0 Å². The molecule has 0 saturated carbocycles. The van der Waals surface area contributed by atoms with Crippen LogP contribution >= 0.6 is 11.8 Å². The molecule has 1 aromatic heterocycles. The van der Waals surface area contributed by atoms with Gasteiger partial charge in [-0.05, 0) is 17.7 Å². The van der Waals surface area contributed by atoms with Crippen LogP contribution in [-0.2, 0) is 18.4 Å². The topological polar surface area (TPSA) is 95.3 Å². The number of fused-ring (bicyclic) bond motifs is 1. The Kier molecular flexibility index (Phi) is 6.22. The minimum atomic E-state index is -0.367. The minimum absolute atomic E-state index is 0.00759. The molecular formula is C22H22N4O4S. The fraction of sp³-hybridized carbons (Fsp3) is 0.273. The number of rotatable bonds is 7. The third kappa shape index (κ3) is 4.88. The second kappa shape index (κ2) is 9.22. The predicted molar refractivity (Wildman–Crippen MR) is 115 cm³/mol. The van der Waals surface area contributed by atoms with Crippen LogP contribution in [0.4, 0.5) is 0 Å². The number of carbonyl (C=O) groups excluding carboxylic acids is 2. The number of ether oxygens (including phenoxy) is 2. The van der Waals surface area contributed by atoms with E-state index in [9.17, 15) is 9.59 Å². The zero-order chi connectivity index (χ0) is 21.8. The largest absolute Gasteiger partial charge is 0.485 e. The van der Waals surface area contributed by atoms with E-state index in [2.05, 4.69) is 15.5 Å². The van der Waals surface area contributed by atoms with E-state index in [0.717, 1.165) is 5.56 Å². The summed E-state index contributed by atoms with van der Waals surface area (Å²) >= 11 is 1.33. The summed E-state index contributed by atoms with van der Waals surface area (Å²) in [7, 11) is 1.85. The second-order valence-corrected chi connectivity index (χ2v) is 8.03. The van der Waals surface area contributed by atoms with Gasteiger partial charge >= 0.3 is 0 Å². The van der Waals surface area contributed by atoms with Gasteiger partial charge in [-0.3, -0.25) is 9.59 Å². The first kappa shape index (κ1) is 20.9. The highest BCUT2D eigenvalue weighted by atomic mass is 32.2. The smallest absolute Gasteiger partial charge is 0.217 e. The lowest BCUT2D eigenvalue weighted by molar-refractivity contribution is -0.119. The first-order valence-electron chi connectivity index (χ1n) is 9.78. The van der Waals surface area contributed by atoms with Crippen LogP contribution in [-0.4, -0.2) is 38.8 Å². The quantitative estimate of drug-likeness (QED) is 0.448. The maximum absolute atomic E-state index is 12.6. The molecule has 2 heterocycles. The maximum atomic E-state index is 12.6. The number of aromatic nitrogens is 3. The molecule has 31 heavy (non-hydrogen) atoms. The zero-order valence-corrected chi connectivity index (χ0v) is 18.0. The summed E-state index contributed by atoms with van der Waals surface area (Å²) in [5, 5.41) is 11.8. The average Bonchev–Trinajstić information content (AvgIpc) is 3.16. The number of benzene rings is 2. The number of Topliss-reactive ketones (excluding diaryl/α,β-unsaturated/α-hetero) is 1. The van der Waals surface area contributed by atoms with Crippen molar-refractivity contribution in [2.45, 2.75) is 24.7 Å². The van der Waals surface area contributed by atoms with Gasteiger partial charge in [0.25, 0.3) is 0 Å². The van der Waals surface area contributed by atoms with Crippen molar-refractivity contribution in [3.05, 3.63) is 65.5 Å². The van der Waals surface area contributed by atoms with Crippen molar-refractivity contribution in [1.29, 1.82) is 0 Å². The van der Waals surface area contributed by atoms with E-state index in [1.807, 2.05) is 48.0 Å². The Balaban J connectivity index is 1.36. The number of thioether (sulfide) groups is 1. The molecule has 160 valence electrons. The van der Waals surface area contributed by atoms with Crippen LogP contribution in [0.15, 0.2) is 53.7 Å². The van der Waals surface area contributed by atoms with Crippen molar-refractivity contribution >= 4 is 23.5 Å². The first-order valence-corrected chi connectivity index (χ1v) is 10.8. The fourth-order valence-corrected chi connectivity index (χ4v) is 3.94. The number of para-hydroxylation sites is 2. The number of hydrogen-bond acceptors (Lipinski definition) is 7. The summed E-state index contributed by atoms with van der Waals surface area (Å²) in [6.45, 7) is 2.26. The first-order chi connectivity index (χ1) is 15.0. The van der Waals surface area contributed by atoms with Gasteiger partial charge in [-0.1, -0.05) is 48.2 Å². The van der Waals surface area contributed by atoms with Gasteiger partial charge in [0.05, 0.1) is 5.75 Å². The molecule has 0 aliphatic carbocycles. The van der Waals surface area contributed by atoms with Crippen LogP contribution in [0.3, 0.4) is 0 Å². The van der Waals surface area contributed by atoms with E-state index in [1.165, 1.54) is 18.7 Å². The standard InChI is InChI=1S/C22H22N4O4S/c1-14(27)23-11-15-7-9-16(10-8-15)17(28)13-31-22-25-24-21(26(22)2)20-12-29-18-5-3-4-6-19(18)30-20/h3-10,20H,11-13H2,1-2H3,(H,23,27)/t20-/m0/s1. The molecule has 8 nitrogen and oxygen atoms in total. The summed E-state index contributed by atoms with van der Waals surface area (Å²) in [5.74, 6) is 2.17. The monoisotopic (exact) mass is 438 g/mol. The molecule has 1 aliphatic heterocycles. The summed E-state index contributed by atoms with van der Waals surface area (Å²) in [6.07, 6.45) is -0.367. The molecule has 0 saturated heterocycles. The zero-order valence-electron chi connectivity index (χ0n) is 17.2. The Morgan fingerprint density at radius 3 is 2.61 bits per heavy atom. The molecule has 9 heteroatoms. The van der Waals surface area contributed by atoms with Crippen molar-refractivity contribution in [3.8, 4) is 11.5 Å². The normalized spacial score (nSPS) is 14.8. The number of nitrogens with zero attached hydrogens (tertiary/aromatic N) is 3. The van der Waals surface area contributed by atoms with Gasteiger partial charge in [0, 0.05) is 26.1 Å². The molecule has 3 aromatic rings. The Morgan fingerprint density at radius 1 is 1.13 bits per heavy atom. The SMILES string of the molecule is CC(=O)NCc1ccc(C(=O)CSc2nnc([C@@H]3COc4ccccc4O3)n2C)cc1. The van der Waals surface area contributed by atoms with Crippen LogP contribution in [0, 0.1) is 0 Å². The lowest BCUT2D eigenvalue weighted by atomic mass is 10.1. The van der Waals surface area contributed by atoms with Crippen LogP contribution in [0.1, 0.15) is 34.8 Å². The Bertz CT molecular complexity index is 1100. The molecular weight excluding hydrogens is 416 g/mol. The molecule has 0 bridgehead atoms. The molecule has 1 atom stereocenters. The van der Waals surface area contributed by atoms with Crippen LogP contribution in [0.5, 0.6) is 11.5 Å². The predicted octanol–water partition coefficient (Wildman–Crippen LogP) is 2.94. The number of ketones is 1. The van der Waals surface area contributed by atoms with Gasteiger partial charge in [0.1, 0.15) is 6.61 Å². The van der Waals surface area contributed by atoms with Gasteiger partial charge in [-0.2, -0.15) is 0 Å². The molecule has 1 N–H and O–H groups in total. The molecule has 0 fully saturated rings. The van der Waals surface area contributed by atoms with Gasteiger partial charge < -0.3 is 19.4 Å². The van der Waals surface area contributed by atoms with Crippen molar-refractivity contribution in [2.75, 3.05) is 12.4 Å². The summed E-state index contributed by atoms with van der Waals surface area (Å²) in [5.41, 5.74) is 1.55. The van der Waals surface area contributed by atoms with E-state index >= 15 is 0 Å². The van der Waals surface area contributed by atoms with E-state index in [4.69, 9.17) is 9.47 Å². The Hall–Kier alpha value is -3.33. The van der Waals surface area contributed by atoms with Gasteiger partial charge in [-0.25, -0.2) is 0 Å². The van der Waals surface area contributed by atoms with Crippen molar-refractivity contribution in [3.63, 3.8) is 0 Å². The van der Waals surface area contributed by atoms with E-state index in [0.29, 0.717) is 41.2 Å². The highest BCUT2D eigenvalue weighted by molar-refractivity contribution is 7.99. The summed E-state index contributed by atoms with van der Waals surface area (Å²) < 4.78 is 13.6. The molecule has 0 radical (unpaired) electrons. The lowest BCUT2D eigenvalue weighted by Crippen LogP contribution is -2.24. The third-order valence-electron chi connectivity index (χ3n) is 4.81. The minimum Gasteiger partial charge on any atom is -0.485 e. The van der Waals surface area contributed by atoms with Crippen molar-refractivity contribution in [2.24, 2.45) is 7.05 Å². The molecule has 1 aliphatic rings. The number of nitrogens with one attached hydrogen (secondary N) is 1. The molecule has 0 spiro atoms. The van der Waals surface area contributed by atoms with E-state index in [-0.39, 0.29) is 23.5 Å². The average molecular weight is 439 g/mol. The number of carbonyl (C=O) groups is 2. The van der Waals surface area contributed by atoms with Crippen molar-refractivity contribution in [1.82, 2.24) is 20.1 Å². The van der Waals surface area contributed by atoms with Crippen LogP contribution < -0.4 is 14.8 Å². The third-order valence-corrected chi connectivity index (χ3v) is 5.84. The molecule has 0 unspecified atom stereocenters. The Morgan fingerprint density at radius 2 is 1.87 bits per heavy atom. The summed E-state index contributed by atoms with van der Waals surface area (Å²) in [4.78, 5) is 23.6. The summed E-state index contributed by atoms with van der Waals surface area (Å²) in [6, 6.07) is 14.7. The molecule has 2 aromatic carbocycles.